The highest BCUT2D eigenvalue weighted by Crippen LogP contribution is 2.23. The van der Waals surface area contributed by atoms with E-state index in [0.29, 0.717) is 5.05 Å². The van der Waals surface area contributed by atoms with Crippen molar-refractivity contribution in [2.75, 3.05) is 7.11 Å². The van der Waals surface area contributed by atoms with Crippen molar-refractivity contribution in [3.05, 3.63) is 66.0 Å². The van der Waals surface area contributed by atoms with E-state index in [9.17, 15) is 0 Å². The molecule has 0 amide bonds. The molecule has 0 spiro atoms. The van der Waals surface area contributed by atoms with E-state index in [1.54, 1.807) is 19.5 Å². The van der Waals surface area contributed by atoms with E-state index in [-0.39, 0.29) is 5.92 Å². The fraction of sp³-hybridized carbons (Fsp3) is 0.200. The third kappa shape index (κ3) is 3.14. The van der Waals surface area contributed by atoms with E-state index >= 15 is 0 Å². The second kappa shape index (κ2) is 6.26. The molecule has 1 unspecified atom stereocenters. The van der Waals surface area contributed by atoms with Crippen molar-refractivity contribution < 1.29 is 4.74 Å². The lowest BCUT2D eigenvalue weighted by molar-refractivity contribution is 0.393. The first kappa shape index (κ1) is 12.7. The number of hydrogen-bond acceptors (Lipinski definition) is 3. The van der Waals surface area contributed by atoms with E-state index in [0.717, 1.165) is 6.42 Å². The number of rotatable bonds is 4. The van der Waals surface area contributed by atoms with Crippen LogP contribution >= 0.6 is 12.2 Å². The lowest BCUT2D eigenvalue weighted by Gasteiger charge is -2.17. The van der Waals surface area contributed by atoms with E-state index < -0.39 is 0 Å². The molecule has 1 aromatic heterocycles. The highest BCUT2D eigenvalue weighted by Gasteiger charge is 2.17. The molecule has 1 aromatic carbocycles. The standard InChI is InChI=1S/C15H15NOS/c1-17-15(18)14(13-5-3-2-4-6-13)11-12-7-9-16-10-8-12/h2-10,14H,11H2,1H3. The summed E-state index contributed by atoms with van der Waals surface area (Å²) >= 11 is 5.32. The molecule has 0 aliphatic rings. The van der Waals surface area contributed by atoms with Crippen molar-refractivity contribution in [3.8, 4) is 0 Å². The summed E-state index contributed by atoms with van der Waals surface area (Å²) in [5, 5.41) is 0.623. The Morgan fingerprint density at radius 2 is 1.83 bits per heavy atom. The molecule has 2 aromatic rings. The van der Waals surface area contributed by atoms with Crippen molar-refractivity contribution in [2.24, 2.45) is 0 Å². The Morgan fingerprint density at radius 3 is 2.44 bits per heavy atom. The molecule has 3 heteroatoms. The maximum absolute atomic E-state index is 5.32. The third-order valence-corrected chi connectivity index (χ3v) is 3.33. The second-order valence-electron chi connectivity index (χ2n) is 4.05. The Hall–Kier alpha value is -1.74. The van der Waals surface area contributed by atoms with Crippen LogP contribution in [0.25, 0.3) is 0 Å². The predicted octanol–water partition coefficient (Wildman–Crippen LogP) is 3.38. The summed E-state index contributed by atoms with van der Waals surface area (Å²) in [7, 11) is 1.63. The van der Waals surface area contributed by atoms with Gasteiger partial charge in [0.05, 0.1) is 13.0 Å². The lowest BCUT2D eigenvalue weighted by Crippen LogP contribution is -2.15. The fourth-order valence-electron chi connectivity index (χ4n) is 1.92. The smallest absolute Gasteiger partial charge is 0.167 e. The number of benzene rings is 1. The summed E-state index contributed by atoms with van der Waals surface area (Å²) in [4.78, 5) is 4.03. The second-order valence-corrected chi connectivity index (χ2v) is 4.45. The predicted molar refractivity (Wildman–Crippen MR) is 76.7 cm³/mol. The van der Waals surface area contributed by atoms with Crippen molar-refractivity contribution >= 4 is 17.3 Å². The van der Waals surface area contributed by atoms with Gasteiger partial charge in [-0.3, -0.25) is 4.98 Å². The largest absolute Gasteiger partial charge is 0.490 e. The van der Waals surface area contributed by atoms with Crippen LogP contribution in [0.2, 0.25) is 0 Å². The molecule has 1 atom stereocenters. The van der Waals surface area contributed by atoms with Crippen LogP contribution in [0, 0.1) is 0 Å². The highest BCUT2D eigenvalue weighted by atomic mass is 32.1. The van der Waals surface area contributed by atoms with E-state index in [2.05, 4.69) is 17.1 Å². The van der Waals surface area contributed by atoms with Gasteiger partial charge in [0, 0.05) is 12.4 Å². The van der Waals surface area contributed by atoms with Crippen LogP contribution in [0.5, 0.6) is 0 Å². The van der Waals surface area contributed by atoms with Crippen LogP contribution in [-0.2, 0) is 11.2 Å². The molecule has 0 saturated heterocycles. The first-order chi connectivity index (χ1) is 8.81. The molecular formula is C15H15NOS. The maximum Gasteiger partial charge on any atom is 0.167 e. The Morgan fingerprint density at radius 1 is 1.17 bits per heavy atom. The molecule has 0 radical (unpaired) electrons. The van der Waals surface area contributed by atoms with Crippen LogP contribution in [-0.4, -0.2) is 17.1 Å². The van der Waals surface area contributed by atoms with Gasteiger partial charge in [-0.2, -0.15) is 0 Å². The Labute approximate surface area is 113 Å². The van der Waals surface area contributed by atoms with Gasteiger partial charge in [-0.25, -0.2) is 0 Å². The molecule has 2 rings (SSSR count). The number of nitrogens with zero attached hydrogens (tertiary/aromatic N) is 1. The van der Waals surface area contributed by atoms with Crippen LogP contribution in [0.4, 0.5) is 0 Å². The average molecular weight is 257 g/mol. The van der Waals surface area contributed by atoms with E-state index in [1.807, 2.05) is 30.3 Å². The number of methoxy groups -OCH3 is 1. The molecule has 0 aliphatic carbocycles. The molecule has 0 N–H and O–H groups in total. The summed E-state index contributed by atoms with van der Waals surface area (Å²) in [5.41, 5.74) is 2.39. The summed E-state index contributed by atoms with van der Waals surface area (Å²) < 4.78 is 5.25. The van der Waals surface area contributed by atoms with Gasteiger partial charge in [-0.15, -0.1) is 0 Å². The zero-order valence-electron chi connectivity index (χ0n) is 10.2. The average Bonchev–Trinajstić information content (AvgIpc) is 2.46. The minimum absolute atomic E-state index is 0.105. The summed E-state index contributed by atoms with van der Waals surface area (Å²) in [5.74, 6) is 0.105. The molecular weight excluding hydrogens is 242 g/mol. The number of aromatic nitrogens is 1. The van der Waals surface area contributed by atoms with E-state index in [4.69, 9.17) is 17.0 Å². The highest BCUT2D eigenvalue weighted by molar-refractivity contribution is 7.80. The molecule has 0 fully saturated rings. The SMILES string of the molecule is COC(=S)C(Cc1ccncc1)c1ccccc1. The Kier molecular flexibility index (Phi) is 4.42. The van der Waals surface area contributed by atoms with Crippen molar-refractivity contribution in [1.29, 1.82) is 0 Å². The minimum atomic E-state index is 0.105. The quantitative estimate of drug-likeness (QED) is 0.784. The normalized spacial score (nSPS) is 11.8. The van der Waals surface area contributed by atoms with Crippen LogP contribution in [0.3, 0.4) is 0 Å². The molecule has 0 saturated carbocycles. The molecule has 2 nitrogen and oxygen atoms in total. The first-order valence-corrected chi connectivity index (χ1v) is 6.23. The van der Waals surface area contributed by atoms with Gasteiger partial charge >= 0.3 is 0 Å². The van der Waals surface area contributed by atoms with Gasteiger partial charge in [-0.05, 0) is 41.9 Å². The van der Waals surface area contributed by atoms with Gasteiger partial charge < -0.3 is 4.74 Å². The first-order valence-electron chi connectivity index (χ1n) is 5.83. The topological polar surface area (TPSA) is 22.1 Å². The number of hydrogen-bond donors (Lipinski definition) is 0. The number of ether oxygens (including phenoxy) is 1. The number of thiocarbonyl (C=S) groups is 1. The molecule has 0 aliphatic heterocycles. The number of pyridine rings is 1. The monoisotopic (exact) mass is 257 g/mol. The molecule has 92 valence electrons. The fourth-order valence-corrected chi connectivity index (χ4v) is 2.14. The zero-order chi connectivity index (χ0) is 12.8. The minimum Gasteiger partial charge on any atom is -0.490 e. The zero-order valence-corrected chi connectivity index (χ0v) is 11.1. The van der Waals surface area contributed by atoms with Crippen molar-refractivity contribution in [2.45, 2.75) is 12.3 Å². The summed E-state index contributed by atoms with van der Waals surface area (Å²) in [6.45, 7) is 0. The van der Waals surface area contributed by atoms with Crippen LogP contribution < -0.4 is 0 Å². The third-order valence-electron chi connectivity index (χ3n) is 2.88. The van der Waals surface area contributed by atoms with Gasteiger partial charge in [0.2, 0.25) is 0 Å². The summed E-state index contributed by atoms with van der Waals surface area (Å²) in [6, 6.07) is 14.2. The van der Waals surface area contributed by atoms with Crippen LogP contribution in [0.15, 0.2) is 54.9 Å². The van der Waals surface area contributed by atoms with Gasteiger partial charge in [0.1, 0.15) is 0 Å². The Balaban J connectivity index is 2.24. The van der Waals surface area contributed by atoms with E-state index in [1.165, 1.54) is 11.1 Å². The molecule has 0 bridgehead atoms. The summed E-state index contributed by atoms with van der Waals surface area (Å²) in [6.07, 6.45) is 4.43. The molecule has 18 heavy (non-hydrogen) atoms. The van der Waals surface area contributed by atoms with Gasteiger partial charge in [-0.1, -0.05) is 30.3 Å². The molecule has 1 heterocycles. The van der Waals surface area contributed by atoms with Crippen molar-refractivity contribution in [1.82, 2.24) is 4.98 Å². The lowest BCUT2D eigenvalue weighted by atomic mass is 9.93. The van der Waals surface area contributed by atoms with Crippen molar-refractivity contribution in [3.63, 3.8) is 0 Å². The van der Waals surface area contributed by atoms with Gasteiger partial charge in [0.15, 0.2) is 5.05 Å². The Bertz CT molecular complexity index is 498. The van der Waals surface area contributed by atoms with Crippen LogP contribution in [0.1, 0.15) is 17.0 Å². The van der Waals surface area contributed by atoms with Gasteiger partial charge in [0.25, 0.3) is 0 Å². The maximum atomic E-state index is 5.32.